The number of allylic oxidation sites excluding steroid dienone is 1. The summed E-state index contributed by atoms with van der Waals surface area (Å²) >= 11 is 0. The third-order valence-electron chi connectivity index (χ3n) is 2.63. The fraction of sp³-hybridized carbons (Fsp3) is 0.357. The van der Waals surface area contributed by atoms with Crippen molar-refractivity contribution in [2.24, 2.45) is 0 Å². The van der Waals surface area contributed by atoms with Crippen molar-refractivity contribution in [3.63, 3.8) is 0 Å². The topological polar surface area (TPSA) is 17.1 Å². The fourth-order valence-corrected chi connectivity index (χ4v) is 1.42. The van der Waals surface area contributed by atoms with Gasteiger partial charge in [0, 0.05) is 5.56 Å². The van der Waals surface area contributed by atoms with Crippen LogP contribution in [0.1, 0.15) is 36.7 Å². The smallest absolute Gasteiger partial charge is 0.289 e. The molecule has 0 unspecified atom stereocenters. The minimum absolute atomic E-state index is 0.00493. The molecule has 0 radical (unpaired) electrons. The Morgan fingerprint density at radius 3 is 1.83 bits per heavy atom. The summed E-state index contributed by atoms with van der Waals surface area (Å²) in [6.07, 6.45) is -4.68. The zero-order valence-electron chi connectivity index (χ0n) is 10.6. The summed E-state index contributed by atoms with van der Waals surface area (Å²) in [5.74, 6) is -1.08. The first-order chi connectivity index (χ1) is 8.03. The molecule has 1 aromatic rings. The highest BCUT2D eigenvalue weighted by atomic mass is 19.4. The second-order valence-corrected chi connectivity index (χ2v) is 5.13. The Labute approximate surface area is 104 Å². The Hall–Kier alpha value is -1.58. The lowest BCUT2D eigenvalue weighted by atomic mass is 9.86. The van der Waals surface area contributed by atoms with E-state index in [4.69, 9.17) is 0 Å². The van der Waals surface area contributed by atoms with Gasteiger partial charge in [0.1, 0.15) is 0 Å². The summed E-state index contributed by atoms with van der Waals surface area (Å²) in [4.78, 5) is 11.5. The monoisotopic (exact) mass is 256 g/mol. The molecule has 0 saturated heterocycles. The molecule has 0 atom stereocenters. The average Bonchev–Trinajstić information content (AvgIpc) is 2.25. The molecule has 1 nitrogen and oxygen atoms in total. The Kier molecular flexibility index (Phi) is 3.70. The third-order valence-corrected chi connectivity index (χ3v) is 2.63. The van der Waals surface area contributed by atoms with Crippen LogP contribution in [0.4, 0.5) is 13.2 Å². The van der Waals surface area contributed by atoms with Gasteiger partial charge in [-0.3, -0.25) is 4.79 Å². The Bertz CT molecular complexity index is 461. The van der Waals surface area contributed by atoms with Crippen molar-refractivity contribution in [3.05, 3.63) is 47.5 Å². The van der Waals surface area contributed by atoms with Crippen molar-refractivity contribution in [3.8, 4) is 0 Å². The summed E-state index contributed by atoms with van der Waals surface area (Å²) in [6, 6.07) is 6.13. The highest BCUT2D eigenvalue weighted by molar-refractivity contribution is 6.09. The molecule has 1 aromatic carbocycles. The van der Waals surface area contributed by atoms with Crippen LogP contribution in [0.5, 0.6) is 0 Å². The number of hydrogen-bond donors (Lipinski definition) is 0. The maximum atomic E-state index is 12.3. The minimum Gasteiger partial charge on any atom is -0.289 e. The van der Waals surface area contributed by atoms with Crippen LogP contribution in [0.2, 0.25) is 0 Å². The lowest BCUT2D eigenvalue weighted by molar-refractivity contribution is -0.0883. The second-order valence-electron chi connectivity index (χ2n) is 5.13. The standard InChI is InChI=1S/C14H15F3O/c1-9(14(15,16)17)12(18)10-5-7-11(8-6-10)13(2,3)4/h5-8H,1H2,2-4H3. The van der Waals surface area contributed by atoms with Crippen LogP contribution in [0.25, 0.3) is 0 Å². The molecule has 4 heteroatoms. The molecule has 0 aliphatic carbocycles. The lowest BCUT2D eigenvalue weighted by Gasteiger charge is -2.19. The number of benzene rings is 1. The molecule has 1 rings (SSSR count). The van der Waals surface area contributed by atoms with Crippen LogP contribution in [-0.2, 0) is 5.41 Å². The molecule has 0 bridgehead atoms. The molecule has 18 heavy (non-hydrogen) atoms. The molecule has 0 amide bonds. The number of carbonyl (C=O) groups is 1. The Balaban J connectivity index is 3.00. The number of hydrogen-bond acceptors (Lipinski definition) is 1. The number of alkyl halides is 3. The van der Waals surface area contributed by atoms with Crippen molar-refractivity contribution < 1.29 is 18.0 Å². The fourth-order valence-electron chi connectivity index (χ4n) is 1.42. The van der Waals surface area contributed by atoms with E-state index < -0.39 is 17.5 Å². The van der Waals surface area contributed by atoms with E-state index in [1.807, 2.05) is 20.8 Å². The first kappa shape index (κ1) is 14.5. The summed E-state index contributed by atoms with van der Waals surface area (Å²) < 4.78 is 37.0. The quantitative estimate of drug-likeness (QED) is 0.570. The van der Waals surface area contributed by atoms with Gasteiger partial charge in [-0.1, -0.05) is 51.6 Å². The van der Waals surface area contributed by atoms with Gasteiger partial charge in [-0.15, -0.1) is 0 Å². The third kappa shape index (κ3) is 3.22. The maximum Gasteiger partial charge on any atom is 0.419 e. The number of Topliss-reactive ketones (excluding diaryl/α,β-unsaturated/α-hetero) is 1. The van der Waals surface area contributed by atoms with Crippen LogP contribution in [0.3, 0.4) is 0 Å². The van der Waals surface area contributed by atoms with Crippen molar-refractivity contribution in [1.82, 2.24) is 0 Å². The summed E-state index contributed by atoms with van der Waals surface area (Å²) in [5, 5.41) is 0. The highest BCUT2D eigenvalue weighted by Gasteiger charge is 2.37. The molecule has 0 aromatic heterocycles. The van der Waals surface area contributed by atoms with Crippen LogP contribution in [0.15, 0.2) is 36.4 Å². The molecule has 0 fully saturated rings. The van der Waals surface area contributed by atoms with Crippen molar-refractivity contribution >= 4 is 5.78 Å². The number of ketones is 1. The van der Waals surface area contributed by atoms with Gasteiger partial charge in [0.05, 0.1) is 5.57 Å². The van der Waals surface area contributed by atoms with Crippen molar-refractivity contribution in [1.29, 1.82) is 0 Å². The van der Waals surface area contributed by atoms with Crippen LogP contribution in [-0.4, -0.2) is 12.0 Å². The van der Waals surface area contributed by atoms with Crippen molar-refractivity contribution in [2.45, 2.75) is 32.4 Å². The highest BCUT2D eigenvalue weighted by Crippen LogP contribution is 2.28. The molecule has 0 saturated carbocycles. The normalized spacial score (nSPS) is 12.3. The first-order valence-electron chi connectivity index (χ1n) is 5.45. The predicted octanol–water partition coefficient (Wildman–Crippen LogP) is 4.29. The molecule has 0 aliphatic rings. The average molecular weight is 256 g/mol. The van der Waals surface area contributed by atoms with E-state index in [1.165, 1.54) is 12.1 Å². The number of rotatable bonds is 2. The van der Waals surface area contributed by atoms with Gasteiger partial charge in [-0.05, 0) is 11.0 Å². The maximum absolute atomic E-state index is 12.3. The van der Waals surface area contributed by atoms with Gasteiger partial charge in [0.15, 0.2) is 5.78 Å². The predicted molar refractivity (Wildman–Crippen MR) is 64.7 cm³/mol. The lowest BCUT2D eigenvalue weighted by Crippen LogP contribution is -2.19. The van der Waals surface area contributed by atoms with Gasteiger partial charge in [0.25, 0.3) is 0 Å². The zero-order valence-corrected chi connectivity index (χ0v) is 10.6. The summed E-state index contributed by atoms with van der Waals surface area (Å²) in [6.45, 7) is 8.75. The largest absolute Gasteiger partial charge is 0.419 e. The van der Waals surface area contributed by atoms with E-state index in [9.17, 15) is 18.0 Å². The van der Waals surface area contributed by atoms with Gasteiger partial charge in [-0.2, -0.15) is 13.2 Å². The van der Waals surface area contributed by atoms with Gasteiger partial charge in [-0.25, -0.2) is 0 Å². The molecular weight excluding hydrogens is 241 g/mol. The zero-order chi connectivity index (χ0) is 14.1. The number of halogens is 3. The molecule has 0 aliphatic heterocycles. The molecular formula is C14H15F3O. The second kappa shape index (κ2) is 4.59. The van der Waals surface area contributed by atoms with Gasteiger partial charge >= 0.3 is 6.18 Å². The minimum atomic E-state index is -4.68. The molecule has 0 N–H and O–H groups in total. The number of carbonyl (C=O) groups excluding carboxylic acids is 1. The van der Waals surface area contributed by atoms with Gasteiger partial charge in [0.2, 0.25) is 0 Å². The first-order valence-corrected chi connectivity index (χ1v) is 5.45. The summed E-state index contributed by atoms with van der Waals surface area (Å²) in [5.41, 5.74) is -0.490. The van der Waals surface area contributed by atoms with E-state index in [1.54, 1.807) is 12.1 Å². The van der Waals surface area contributed by atoms with Gasteiger partial charge < -0.3 is 0 Å². The van der Waals surface area contributed by atoms with Crippen molar-refractivity contribution in [2.75, 3.05) is 0 Å². The molecule has 0 spiro atoms. The molecule has 0 heterocycles. The Morgan fingerprint density at radius 1 is 1.06 bits per heavy atom. The van der Waals surface area contributed by atoms with Crippen LogP contribution < -0.4 is 0 Å². The van der Waals surface area contributed by atoms with E-state index >= 15 is 0 Å². The molecule has 98 valence electrons. The SMILES string of the molecule is C=C(C(=O)c1ccc(C(C)(C)C)cc1)C(F)(F)F. The Morgan fingerprint density at radius 2 is 1.50 bits per heavy atom. The van der Waals surface area contributed by atoms with E-state index in [-0.39, 0.29) is 11.0 Å². The summed E-state index contributed by atoms with van der Waals surface area (Å²) in [7, 11) is 0. The van der Waals surface area contributed by atoms with E-state index in [2.05, 4.69) is 6.58 Å². The van der Waals surface area contributed by atoms with E-state index in [0.29, 0.717) is 0 Å². The van der Waals surface area contributed by atoms with E-state index in [0.717, 1.165) is 5.56 Å². The van der Waals surface area contributed by atoms with Crippen LogP contribution >= 0.6 is 0 Å². The van der Waals surface area contributed by atoms with Crippen LogP contribution in [0, 0.1) is 0 Å².